The maximum absolute atomic E-state index is 12.4. The molecule has 160 valence electrons. The van der Waals surface area contributed by atoms with Crippen molar-refractivity contribution in [1.82, 2.24) is 19.7 Å². The Bertz CT molecular complexity index is 1040. The second-order valence-electron chi connectivity index (χ2n) is 7.49. The Morgan fingerprint density at radius 2 is 1.68 bits per heavy atom. The van der Waals surface area contributed by atoms with Gasteiger partial charge in [-0.25, -0.2) is 0 Å². The maximum atomic E-state index is 12.4. The molecule has 0 unspecified atom stereocenters. The van der Waals surface area contributed by atoms with E-state index in [0.717, 1.165) is 31.5 Å². The number of nitrogens with zero attached hydrogens (tertiary/aromatic N) is 4. The van der Waals surface area contributed by atoms with E-state index in [1.54, 1.807) is 12.1 Å². The molecule has 0 atom stereocenters. The average molecular weight is 436 g/mol. The van der Waals surface area contributed by atoms with E-state index in [9.17, 15) is 9.59 Å². The van der Waals surface area contributed by atoms with Gasteiger partial charge in [0.05, 0.1) is 5.75 Å². The molecule has 1 N–H and O–H groups in total. The molecular formula is C23H25N5O2S. The van der Waals surface area contributed by atoms with Gasteiger partial charge in [0.2, 0.25) is 5.91 Å². The molecule has 7 nitrogen and oxygen atoms in total. The number of carbonyl (C=O) groups excluding carboxylic acids is 2. The average Bonchev–Trinajstić information content (AvgIpc) is 3.19. The second-order valence-corrected chi connectivity index (χ2v) is 8.44. The smallest absolute Gasteiger partial charge is 0.255 e. The van der Waals surface area contributed by atoms with Crippen LogP contribution in [0.4, 0.5) is 5.69 Å². The van der Waals surface area contributed by atoms with Crippen LogP contribution in [0.15, 0.2) is 59.8 Å². The molecule has 3 aromatic rings. The Balaban J connectivity index is 1.38. The molecule has 1 aliphatic heterocycles. The number of anilines is 1. The summed E-state index contributed by atoms with van der Waals surface area (Å²) in [7, 11) is 1.90. The lowest BCUT2D eigenvalue weighted by molar-refractivity contribution is -0.129. The van der Waals surface area contributed by atoms with E-state index in [4.69, 9.17) is 0 Å². The van der Waals surface area contributed by atoms with Crippen LogP contribution in [0.3, 0.4) is 0 Å². The first-order chi connectivity index (χ1) is 15.1. The van der Waals surface area contributed by atoms with Crippen LogP contribution in [0.1, 0.15) is 29.6 Å². The molecule has 2 heterocycles. The first-order valence-electron chi connectivity index (χ1n) is 10.4. The van der Waals surface area contributed by atoms with E-state index in [1.165, 1.54) is 18.2 Å². The van der Waals surface area contributed by atoms with E-state index < -0.39 is 0 Å². The Morgan fingerprint density at radius 3 is 2.39 bits per heavy atom. The molecule has 31 heavy (non-hydrogen) atoms. The van der Waals surface area contributed by atoms with Gasteiger partial charge in [0.1, 0.15) is 0 Å². The van der Waals surface area contributed by atoms with E-state index in [0.29, 0.717) is 28.0 Å². The van der Waals surface area contributed by atoms with Gasteiger partial charge in [-0.15, -0.1) is 10.2 Å². The summed E-state index contributed by atoms with van der Waals surface area (Å²) in [6.45, 7) is 1.72. The number of thioether (sulfide) groups is 1. The predicted molar refractivity (Wildman–Crippen MR) is 122 cm³/mol. The number of nitrogens with one attached hydrogen (secondary N) is 1. The van der Waals surface area contributed by atoms with E-state index >= 15 is 0 Å². The zero-order valence-electron chi connectivity index (χ0n) is 17.5. The number of hydrogen-bond donors (Lipinski definition) is 1. The molecule has 0 bridgehead atoms. The highest BCUT2D eigenvalue weighted by molar-refractivity contribution is 7.99. The topological polar surface area (TPSA) is 80.1 Å². The Labute approximate surface area is 185 Å². The minimum absolute atomic E-state index is 0.149. The first-order valence-corrected chi connectivity index (χ1v) is 11.4. The number of likely N-dealkylation sites (tertiary alicyclic amines) is 1. The largest absolute Gasteiger partial charge is 0.342 e. The van der Waals surface area contributed by atoms with Crippen molar-refractivity contribution >= 4 is 29.3 Å². The number of benzene rings is 2. The van der Waals surface area contributed by atoms with E-state index in [1.807, 2.05) is 59.0 Å². The molecular weight excluding hydrogens is 410 g/mol. The molecule has 1 aromatic heterocycles. The van der Waals surface area contributed by atoms with Crippen LogP contribution in [0.25, 0.3) is 11.4 Å². The number of hydrogen-bond acceptors (Lipinski definition) is 5. The third kappa shape index (κ3) is 5.14. The molecule has 0 spiro atoms. The highest BCUT2D eigenvalue weighted by atomic mass is 32.2. The zero-order chi connectivity index (χ0) is 21.6. The van der Waals surface area contributed by atoms with Crippen LogP contribution in [-0.4, -0.2) is 50.3 Å². The van der Waals surface area contributed by atoms with E-state index in [-0.39, 0.29) is 11.8 Å². The summed E-state index contributed by atoms with van der Waals surface area (Å²) in [5, 5.41) is 12.2. The minimum atomic E-state index is -0.149. The Hall–Kier alpha value is -3.13. The van der Waals surface area contributed by atoms with Crippen molar-refractivity contribution in [1.29, 1.82) is 0 Å². The highest BCUT2D eigenvalue weighted by Gasteiger charge is 2.18. The highest BCUT2D eigenvalue weighted by Crippen LogP contribution is 2.24. The normalized spacial score (nSPS) is 13.8. The lowest BCUT2D eigenvalue weighted by Gasteiger charge is -2.26. The monoisotopic (exact) mass is 435 g/mol. The van der Waals surface area contributed by atoms with E-state index in [2.05, 4.69) is 15.5 Å². The van der Waals surface area contributed by atoms with Gasteiger partial charge in [0.15, 0.2) is 11.0 Å². The van der Waals surface area contributed by atoms with Gasteiger partial charge in [0, 0.05) is 37.0 Å². The fraction of sp³-hybridized carbons (Fsp3) is 0.304. The van der Waals surface area contributed by atoms with Crippen LogP contribution in [0, 0.1) is 0 Å². The Morgan fingerprint density at radius 1 is 0.968 bits per heavy atom. The summed E-state index contributed by atoms with van der Waals surface area (Å²) in [5.74, 6) is 1.10. The molecule has 4 rings (SSSR count). The van der Waals surface area contributed by atoms with Crippen molar-refractivity contribution in [2.24, 2.45) is 7.05 Å². The predicted octanol–water partition coefficient (Wildman–Crippen LogP) is 3.84. The van der Waals surface area contributed by atoms with Gasteiger partial charge in [-0.1, -0.05) is 30.0 Å². The minimum Gasteiger partial charge on any atom is -0.342 e. The second kappa shape index (κ2) is 9.78. The summed E-state index contributed by atoms with van der Waals surface area (Å²) in [4.78, 5) is 26.6. The lowest BCUT2D eigenvalue weighted by Crippen LogP contribution is -2.36. The van der Waals surface area contributed by atoms with Crippen molar-refractivity contribution in [2.45, 2.75) is 24.4 Å². The molecule has 8 heteroatoms. The van der Waals surface area contributed by atoms with Crippen molar-refractivity contribution in [2.75, 3.05) is 24.2 Å². The van der Waals surface area contributed by atoms with Crippen LogP contribution >= 0.6 is 11.8 Å². The molecule has 2 aromatic carbocycles. The summed E-state index contributed by atoms with van der Waals surface area (Å²) >= 11 is 1.41. The third-order valence-electron chi connectivity index (χ3n) is 5.31. The van der Waals surface area contributed by atoms with Gasteiger partial charge in [-0.3, -0.25) is 9.59 Å². The Kier molecular flexibility index (Phi) is 6.66. The molecule has 1 fully saturated rings. The first kappa shape index (κ1) is 21.1. The number of aromatic nitrogens is 3. The lowest BCUT2D eigenvalue weighted by atomic mass is 10.1. The maximum Gasteiger partial charge on any atom is 0.255 e. The number of carbonyl (C=O) groups is 2. The molecule has 0 radical (unpaired) electrons. The van der Waals surface area contributed by atoms with Gasteiger partial charge in [0.25, 0.3) is 5.91 Å². The quantitative estimate of drug-likeness (QED) is 0.595. The fourth-order valence-corrected chi connectivity index (χ4v) is 4.36. The fourth-order valence-electron chi connectivity index (χ4n) is 3.55. The van der Waals surface area contributed by atoms with Crippen molar-refractivity contribution in [3.8, 4) is 11.4 Å². The summed E-state index contributed by atoms with van der Waals surface area (Å²) in [6, 6.07) is 16.6. The molecule has 0 aliphatic carbocycles. The van der Waals surface area contributed by atoms with Gasteiger partial charge >= 0.3 is 0 Å². The summed E-state index contributed by atoms with van der Waals surface area (Å²) < 4.78 is 1.89. The third-order valence-corrected chi connectivity index (χ3v) is 6.31. The van der Waals surface area contributed by atoms with Crippen LogP contribution in [-0.2, 0) is 11.8 Å². The molecule has 2 amide bonds. The SMILES string of the molecule is Cn1c(SCC(=O)N2CCCCC2)nnc1-c1ccc(NC(=O)c2ccccc2)cc1. The van der Waals surface area contributed by atoms with Crippen LogP contribution < -0.4 is 5.32 Å². The van der Waals surface area contributed by atoms with Crippen molar-refractivity contribution < 1.29 is 9.59 Å². The van der Waals surface area contributed by atoms with Gasteiger partial charge in [-0.05, 0) is 55.7 Å². The van der Waals surface area contributed by atoms with Crippen molar-refractivity contribution in [3.05, 3.63) is 60.2 Å². The molecule has 0 saturated carbocycles. The van der Waals surface area contributed by atoms with Gasteiger partial charge in [-0.2, -0.15) is 0 Å². The van der Waals surface area contributed by atoms with Crippen molar-refractivity contribution in [3.63, 3.8) is 0 Å². The number of piperidine rings is 1. The standard InChI is InChI=1S/C23H25N5O2S/c1-27-21(25-26-23(27)31-16-20(29)28-14-6-3-7-15-28)17-10-12-19(13-11-17)24-22(30)18-8-4-2-5-9-18/h2,4-5,8-13H,3,6-7,14-16H2,1H3,(H,24,30). The number of amides is 2. The zero-order valence-corrected chi connectivity index (χ0v) is 18.3. The molecule has 1 saturated heterocycles. The van der Waals surface area contributed by atoms with Crippen LogP contribution in [0.5, 0.6) is 0 Å². The summed E-state index contributed by atoms with van der Waals surface area (Å²) in [5.41, 5.74) is 2.21. The summed E-state index contributed by atoms with van der Waals surface area (Å²) in [6.07, 6.45) is 3.39. The van der Waals surface area contributed by atoms with Crippen LogP contribution in [0.2, 0.25) is 0 Å². The molecule has 1 aliphatic rings. The number of rotatable bonds is 6. The van der Waals surface area contributed by atoms with Gasteiger partial charge < -0.3 is 14.8 Å².